The fourth-order valence-electron chi connectivity index (χ4n) is 2.36. The van der Waals surface area contributed by atoms with E-state index in [2.05, 4.69) is 29.6 Å². The van der Waals surface area contributed by atoms with Crippen molar-refractivity contribution < 1.29 is 5.11 Å². The SMILES string of the molecule is CC(O)C1(c2ccc3sccc3c2)CC1. The Balaban J connectivity index is 2.11. The van der Waals surface area contributed by atoms with Crippen molar-refractivity contribution >= 4 is 21.4 Å². The van der Waals surface area contributed by atoms with Crippen LogP contribution in [-0.4, -0.2) is 11.2 Å². The van der Waals surface area contributed by atoms with Gasteiger partial charge in [0, 0.05) is 10.1 Å². The Kier molecular flexibility index (Phi) is 1.91. The molecule has 1 atom stereocenters. The standard InChI is InChI=1S/C13H14OS/c1-9(14)13(5-6-13)11-2-3-12-10(8-11)4-7-15-12/h2-4,7-9,14H,5-6H2,1H3. The highest BCUT2D eigenvalue weighted by Gasteiger charge is 2.48. The van der Waals surface area contributed by atoms with E-state index in [-0.39, 0.29) is 11.5 Å². The molecule has 0 saturated heterocycles. The quantitative estimate of drug-likeness (QED) is 0.820. The van der Waals surface area contributed by atoms with Crippen LogP contribution in [0.4, 0.5) is 0 Å². The summed E-state index contributed by atoms with van der Waals surface area (Å²) in [5, 5.41) is 13.3. The molecular weight excluding hydrogens is 204 g/mol. The second kappa shape index (κ2) is 3.06. The lowest BCUT2D eigenvalue weighted by atomic mass is 9.90. The smallest absolute Gasteiger partial charge is 0.0608 e. The third-order valence-electron chi connectivity index (χ3n) is 3.62. The molecule has 1 nitrogen and oxygen atoms in total. The van der Waals surface area contributed by atoms with E-state index in [1.54, 1.807) is 11.3 Å². The van der Waals surface area contributed by atoms with Gasteiger partial charge in [-0.1, -0.05) is 6.07 Å². The molecule has 2 aromatic rings. The van der Waals surface area contributed by atoms with Crippen LogP contribution in [0, 0.1) is 0 Å². The van der Waals surface area contributed by atoms with Gasteiger partial charge >= 0.3 is 0 Å². The average molecular weight is 218 g/mol. The highest BCUT2D eigenvalue weighted by atomic mass is 32.1. The van der Waals surface area contributed by atoms with Crippen molar-refractivity contribution in [2.24, 2.45) is 0 Å². The minimum atomic E-state index is -0.228. The number of aliphatic hydroxyl groups is 1. The minimum Gasteiger partial charge on any atom is -0.392 e. The lowest BCUT2D eigenvalue weighted by Crippen LogP contribution is -2.22. The first-order valence-electron chi connectivity index (χ1n) is 5.38. The molecule has 0 amide bonds. The van der Waals surface area contributed by atoms with Gasteiger partial charge in [-0.05, 0) is 54.3 Å². The molecule has 0 aliphatic heterocycles. The second-order valence-electron chi connectivity index (χ2n) is 4.51. The molecule has 0 radical (unpaired) electrons. The molecular formula is C13H14OS. The Hall–Kier alpha value is -0.860. The molecule has 1 fully saturated rings. The Morgan fingerprint density at radius 2 is 2.13 bits per heavy atom. The zero-order valence-electron chi connectivity index (χ0n) is 8.73. The zero-order chi connectivity index (χ0) is 10.5. The maximum Gasteiger partial charge on any atom is 0.0608 e. The number of hydrogen-bond donors (Lipinski definition) is 1. The molecule has 1 heterocycles. The fraction of sp³-hybridized carbons (Fsp3) is 0.385. The first-order valence-corrected chi connectivity index (χ1v) is 6.26. The Morgan fingerprint density at radius 3 is 2.80 bits per heavy atom. The molecule has 1 unspecified atom stereocenters. The summed E-state index contributed by atoms with van der Waals surface area (Å²) in [4.78, 5) is 0. The molecule has 0 spiro atoms. The summed E-state index contributed by atoms with van der Waals surface area (Å²) < 4.78 is 1.33. The molecule has 1 N–H and O–H groups in total. The van der Waals surface area contributed by atoms with Gasteiger partial charge in [0.05, 0.1) is 6.10 Å². The predicted octanol–water partition coefficient (Wildman–Crippen LogP) is 3.31. The van der Waals surface area contributed by atoms with Gasteiger partial charge in [0.25, 0.3) is 0 Å². The number of rotatable bonds is 2. The van der Waals surface area contributed by atoms with E-state index in [1.807, 2.05) is 6.92 Å². The summed E-state index contributed by atoms with van der Waals surface area (Å²) in [7, 11) is 0. The van der Waals surface area contributed by atoms with Gasteiger partial charge in [-0.2, -0.15) is 0 Å². The van der Waals surface area contributed by atoms with E-state index < -0.39 is 0 Å². The molecule has 78 valence electrons. The van der Waals surface area contributed by atoms with Crippen molar-refractivity contribution in [2.75, 3.05) is 0 Å². The van der Waals surface area contributed by atoms with Gasteiger partial charge in [0.2, 0.25) is 0 Å². The van der Waals surface area contributed by atoms with Gasteiger partial charge < -0.3 is 5.11 Å². The summed E-state index contributed by atoms with van der Waals surface area (Å²) in [6, 6.07) is 8.75. The van der Waals surface area contributed by atoms with Crippen molar-refractivity contribution in [3.8, 4) is 0 Å². The summed E-state index contributed by atoms with van der Waals surface area (Å²) in [6.45, 7) is 1.91. The predicted molar refractivity (Wildman–Crippen MR) is 64.4 cm³/mol. The van der Waals surface area contributed by atoms with Gasteiger partial charge in [0.1, 0.15) is 0 Å². The topological polar surface area (TPSA) is 20.2 Å². The summed E-state index contributed by atoms with van der Waals surface area (Å²) >= 11 is 1.77. The number of benzene rings is 1. The van der Waals surface area contributed by atoms with Crippen molar-refractivity contribution in [1.29, 1.82) is 0 Å². The van der Waals surface area contributed by atoms with Crippen LogP contribution in [0.5, 0.6) is 0 Å². The van der Waals surface area contributed by atoms with Crippen LogP contribution in [0.2, 0.25) is 0 Å². The van der Waals surface area contributed by atoms with E-state index in [0.29, 0.717) is 0 Å². The number of fused-ring (bicyclic) bond motifs is 1. The third kappa shape index (κ3) is 1.32. The molecule has 1 aromatic heterocycles. The highest BCUT2D eigenvalue weighted by Crippen LogP contribution is 2.51. The van der Waals surface area contributed by atoms with Crippen molar-refractivity contribution in [3.63, 3.8) is 0 Å². The second-order valence-corrected chi connectivity index (χ2v) is 5.45. The van der Waals surface area contributed by atoms with Crippen LogP contribution in [0.1, 0.15) is 25.3 Å². The molecule has 1 aromatic carbocycles. The first kappa shape index (κ1) is 9.37. The highest BCUT2D eigenvalue weighted by molar-refractivity contribution is 7.17. The van der Waals surface area contributed by atoms with Crippen LogP contribution >= 0.6 is 11.3 Å². The molecule has 15 heavy (non-hydrogen) atoms. The van der Waals surface area contributed by atoms with Gasteiger partial charge in [-0.15, -0.1) is 11.3 Å². The normalized spacial score (nSPS) is 20.4. The van der Waals surface area contributed by atoms with Crippen LogP contribution in [0.3, 0.4) is 0 Å². The lowest BCUT2D eigenvalue weighted by Gasteiger charge is -2.19. The van der Waals surface area contributed by atoms with E-state index in [1.165, 1.54) is 15.6 Å². The van der Waals surface area contributed by atoms with Crippen LogP contribution in [0.15, 0.2) is 29.6 Å². The van der Waals surface area contributed by atoms with Crippen molar-refractivity contribution in [2.45, 2.75) is 31.3 Å². The van der Waals surface area contributed by atoms with Crippen LogP contribution < -0.4 is 0 Å². The fourth-order valence-corrected chi connectivity index (χ4v) is 3.13. The molecule has 1 aliphatic carbocycles. The average Bonchev–Trinajstić information content (AvgIpc) is 2.91. The van der Waals surface area contributed by atoms with Gasteiger partial charge in [0.15, 0.2) is 0 Å². The molecule has 0 bridgehead atoms. The Bertz CT molecular complexity index is 494. The van der Waals surface area contributed by atoms with Crippen molar-refractivity contribution in [3.05, 3.63) is 35.2 Å². The first-order chi connectivity index (χ1) is 7.22. The number of thiophene rings is 1. The third-order valence-corrected chi connectivity index (χ3v) is 4.51. The lowest BCUT2D eigenvalue weighted by molar-refractivity contribution is 0.151. The van der Waals surface area contributed by atoms with E-state index in [9.17, 15) is 5.11 Å². The maximum atomic E-state index is 9.82. The summed E-state index contributed by atoms with van der Waals surface area (Å²) in [6.07, 6.45) is 2.02. The van der Waals surface area contributed by atoms with E-state index >= 15 is 0 Å². The van der Waals surface area contributed by atoms with Gasteiger partial charge in [-0.3, -0.25) is 0 Å². The molecule has 2 heteroatoms. The van der Waals surface area contributed by atoms with Crippen molar-refractivity contribution in [1.82, 2.24) is 0 Å². The monoisotopic (exact) mass is 218 g/mol. The minimum absolute atomic E-state index is 0.0656. The Labute approximate surface area is 93.4 Å². The van der Waals surface area contributed by atoms with Gasteiger partial charge in [-0.25, -0.2) is 0 Å². The number of aliphatic hydroxyl groups excluding tert-OH is 1. The van der Waals surface area contributed by atoms with Crippen LogP contribution in [0.25, 0.3) is 10.1 Å². The maximum absolute atomic E-state index is 9.82. The largest absolute Gasteiger partial charge is 0.392 e. The van der Waals surface area contributed by atoms with E-state index in [4.69, 9.17) is 0 Å². The molecule has 1 aliphatic rings. The summed E-state index contributed by atoms with van der Waals surface area (Å²) in [5.41, 5.74) is 1.37. The van der Waals surface area contributed by atoms with Crippen LogP contribution in [-0.2, 0) is 5.41 Å². The molecule has 3 rings (SSSR count). The zero-order valence-corrected chi connectivity index (χ0v) is 9.55. The van der Waals surface area contributed by atoms with E-state index in [0.717, 1.165) is 12.8 Å². The number of hydrogen-bond acceptors (Lipinski definition) is 2. The molecule has 1 saturated carbocycles. The summed E-state index contributed by atoms with van der Waals surface area (Å²) in [5.74, 6) is 0. The Morgan fingerprint density at radius 1 is 1.33 bits per heavy atom.